The smallest absolute Gasteiger partial charge is 0.378 e. The number of halogens is 4. The van der Waals surface area contributed by atoms with Crippen LogP contribution >= 0.6 is 12.4 Å². The number of aromatic nitrogens is 5. The fourth-order valence-electron chi connectivity index (χ4n) is 4.21. The lowest BCUT2D eigenvalue weighted by Crippen LogP contribution is -2.28. The predicted molar refractivity (Wildman–Crippen MR) is 148 cm³/mol. The molecule has 4 N–H and O–H groups in total. The highest BCUT2D eigenvalue weighted by molar-refractivity contribution is 5.96. The average Bonchev–Trinajstić information content (AvgIpc) is 3.53. The highest BCUT2D eigenvalue weighted by Crippen LogP contribution is 2.37. The van der Waals surface area contributed by atoms with Gasteiger partial charge in [0.25, 0.3) is 5.91 Å². The van der Waals surface area contributed by atoms with Gasteiger partial charge in [-0.1, -0.05) is 13.8 Å². The van der Waals surface area contributed by atoms with E-state index < -0.39 is 11.9 Å². The minimum atomic E-state index is -4.62. The number of nitrogens with one attached hydrogen (secondary N) is 2. The maximum absolute atomic E-state index is 13.8. The third-order valence-electron chi connectivity index (χ3n) is 5.97. The lowest BCUT2D eigenvalue weighted by molar-refractivity contribution is -0.141. The number of anilines is 2. The van der Waals surface area contributed by atoms with Crippen LogP contribution in [0.1, 0.15) is 41.9 Å². The molecule has 0 spiro atoms. The number of ether oxygens (including phenoxy) is 1. The van der Waals surface area contributed by atoms with E-state index in [4.69, 9.17) is 10.5 Å². The number of benzene rings is 1. The van der Waals surface area contributed by atoms with Crippen LogP contribution in [-0.4, -0.2) is 56.4 Å². The van der Waals surface area contributed by atoms with Gasteiger partial charge in [-0.25, -0.2) is 9.97 Å². The van der Waals surface area contributed by atoms with E-state index in [9.17, 15) is 18.0 Å². The van der Waals surface area contributed by atoms with Gasteiger partial charge in [-0.2, -0.15) is 18.3 Å². The second-order valence-corrected chi connectivity index (χ2v) is 8.77. The molecule has 0 bridgehead atoms. The highest BCUT2D eigenvalue weighted by atomic mass is 35.5. The van der Waals surface area contributed by atoms with Gasteiger partial charge in [-0.3, -0.25) is 13.9 Å². The number of imidazole rings is 1. The van der Waals surface area contributed by atoms with Crippen molar-refractivity contribution < 1.29 is 22.7 Å². The molecule has 0 radical (unpaired) electrons. The molecule has 4 aromatic rings. The summed E-state index contributed by atoms with van der Waals surface area (Å²) >= 11 is 0. The fraction of sp³-hybridized carbons (Fsp3) is 0.385. The molecule has 0 unspecified atom stereocenters. The number of rotatable bonds is 12. The first-order chi connectivity index (χ1) is 18.8. The number of fused-ring (bicyclic) bond motifs is 1. The van der Waals surface area contributed by atoms with Crippen LogP contribution in [0.4, 0.5) is 24.7 Å². The number of hydrogen-bond acceptors (Lipinski definition) is 7. The highest BCUT2D eigenvalue weighted by Gasteiger charge is 2.38. The summed E-state index contributed by atoms with van der Waals surface area (Å²) in [5.41, 5.74) is 6.98. The van der Waals surface area contributed by atoms with Crippen molar-refractivity contribution in [3.05, 3.63) is 59.8 Å². The molecular weight excluding hydrogens is 549 g/mol. The van der Waals surface area contributed by atoms with Gasteiger partial charge < -0.3 is 21.1 Å². The molecule has 0 atom stereocenters. The molecule has 0 saturated heterocycles. The van der Waals surface area contributed by atoms with Crippen LogP contribution in [0.25, 0.3) is 16.9 Å². The zero-order chi connectivity index (χ0) is 28.0. The Morgan fingerprint density at radius 1 is 1.18 bits per heavy atom. The Balaban J connectivity index is 0.00000441. The maximum atomic E-state index is 13.8. The van der Waals surface area contributed by atoms with Crippen molar-refractivity contribution in [2.24, 2.45) is 5.73 Å². The molecule has 1 aromatic carbocycles. The van der Waals surface area contributed by atoms with Gasteiger partial charge >= 0.3 is 6.18 Å². The zero-order valence-electron chi connectivity index (χ0n) is 22.2. The van der Waals surface area contributed by atoms with Gasteiger partial charge in [0.15, 0.2) is 17.2 Å². The molecule has 0 fully saturated rings. The number of aryl methyl sites for hydroxylation is 2. The third-order valence-corrected chi connectivity index (χ3v) is 5.97. The van der Waals surface area contributed by atoms with Gasteiger partial charge in [0.1, 0.15) is 0 Å². The average molecular weight is 581 g/mol. The SMILES string of the molecule is CCCn1cc(-c2cnc3c(Nc4ccc(C(=O)NCCOCCN)c(CC)c4)nccn23)c(C(F)(F)F)n1.Cl. The fourth-order valence-corrected chi connectivity index (χ4v) is 4.21. The molecule has 216 valence electrons. The summed E-state index contributed by atoms with van der Waals surface area (Å²) < 4.78 is 49.4. The minimum Gasteiger partial charge on any atom is -0.378 e. The van der Waals surface area contributed by atoms with Crippen LogP contribution in [0.15, 0.2) is 43.0 Å². The molecule has 3 aromatic heterocycles. The molecule has 0 aliphatic carbocycles. The second-order valence-electron chi connectivity index (χ2n) is 8.77. The zero-order valence-corrected chi connectivity index (χ0v) is 23.0. The molecule has 3 heterocycles. The summed E-state index contributed by atoms with van der Waals surface area (Å²) in [5, 5.41) is 9.79. The first kappa shape index (κ1) is 30.9. The van der Waals surface area contributed by atoms with Gasteiger partial charge in [0.2, 0.25) is 0 Å². The summed E-state index contributed by atoms with van der Waals surface area (Å²) in [7, 11) is 0. The molecule has 10 nitrogen and oxygen atoms in total. The Kier molecular flexibility index (Phi) is 10.5. The van der Waals surface area contributed by atoms with Crippen LogP contribution in [0, 0.1) is 0 Å². The third kappa shape index (κ3) is 6.90. The van der Waals surface area contributed by atoms with Crippen molar-refractivity contribution in [3.63, 3.8) is 0 Å². The normalized spacial score (nSPS) is 11.4. The van der Waals surface area contributed by atoms with Crippen LogP contribution in [-0.2, 0) is 23.9 Å². The van der Waals surface area contributed by atoms with E-state index in [1.165, 1.54) is 23.3 Å². The van der Waals surface area contributed by atoms with Crippen LogP contribution in [0.3, 0.4) is 0 Å². The summed E-state index contributed by atoms with van der Waals surface area (Å²) in [5.74, 6) is 0.145. The predicted octanol–water partition coefficient (Wildman–Crippen LogP) is 4.45. The summed E-state index contributed by atoms with van der Waals surface area (Å²) in [6, 6.07) is 5.29. The first-order valence-corrected chi connectivity index (χ1v) is 12.7. The largest absolute Gasteiger partial charge is 0.435 e. The lowest BCUT2D eigenvalue weighted by Gasteiger charge is -2.13. The van der Waals surface area contributed by atoms with Gasteiger partial charge in [-0.15, -0.1) is 12.4 Å². The molecule has 40 heavy (non-hydrogen) atoms. The summed E-state index contributed by atoms with van der Waals surface area (Å²) in [4.78, 5) is 21.4. The summed E-state index contributed by atoms with van der Waals surface area (Å²) in [6.07, 6.45) is 2.45. The Bertz CT molecular complexity index is 1440. The topological polar surface area (TPSA) is 124 Å². The first-order valence-electron chi connectivity index (χ1n) is 12.7. The van der Waals surface area contributed by atoms with E-state index in [1.54, 1.807) is 22.7 Å². The van der Waals surface area contributed by atoms with Crippen molar-refractivity contribution in [1.29, 1.82) is 0 Å². The molecule has 14 heteroatoms. The van der Waals surface area contributed by atoms with Crippen LogP contribution in [0.2, 0.25) is 0 Å². The number of amides is 1. The lowest BCUT2D eigenvalue weighted by atomic mass is 10.0. The summed E-state index contributed by atoms with van der Waals surface area (Å²) in [6.45, 7) is 5.76. The van der Waals surface area contributed by atoms with Gasteiger partial charge in [0, 0.05) is 49.5 Å². The molecule has 0 saturated carbocycles. The van der Waals surface area contributed by atoms with Crippen LogP contribution in [0.5, 0.6) is 0 Å². The Hall–Kier alpha value is -3.68. The van der Waals surface area contributed by atoms with E-state index in [-0.39, 0.29) is 29.6 Å². The van der Waals surface area contributed by atoms with Crippen molar-refractivity contribution in [2.75, 3.05) is 31.6 Å². The minimum absolute atomic E-state index is 0. The standard InChI is InChI=1S/C26H31F3N8O2.ClH/c1-3-10-36-16-20(22(35-36)26(27,28)29)21-15-33-24-23(31-8-11-37(21)24)34-18-5-6-19(17(4-2)14-18)25(38)32-9-13-39-12-7-30;/h5-6,8,11,14-16H,3-4,7,9-10,12-13,30H2,1-2H3,(H,31,34)(H,32,38);1H. The number of nitrogens with zero attached hydrogens (tertiary/aromatic N) is 5. The van der Waals surface area contributed by atoms with E-state index in [0.29, 0.717) is 68.4 Å². The van der Waals surface area contributed by atoms with Crippen molar-refractivity contribution in [1.82, 2.24) is 29.5 Å². The monoisotopic (exact) mass is 580 g/mol. The van der Waals surface area contributed by atoms with Gasteiger partial charge in [-0.05, 0) is 36.6 Å². The molecule has 4 rings (SSSR count). The van der Waals surface area contributed by atoms with Crippen molar-refractivity contribution >= 4 is 35.5 Å². The Labute approximate surface area is 235 Å². The quantitative estimate of drug-likeness (QED) is 0.211. The number of carbonyl (C=O) groups is 1. The van der Waals surface area contributed by atoms with Crippen molar-refractivity contribution in [3.8, 4) is 11.3 Å². The second kappa shape index (κ2) is 13.6. The molecule has 0 aliphatic heterocycles. The maximum Gasteiger partial charge on any atom is 0.435 e. The van der Waals surface area contributed by atoms with E-state index >= 15 is 0 Å². The Morgan fingerprint density at radius 3 is 2.67 bits per heavy atom. The van der Waals surface area contributed by atoms with Crippen LogP contribution < -0.4 is 16.4 Å². The van der Waals surface area contributed by atoms with Crippen molar-refractivity contribution in [2.45, 2.75) is 39.4 Å². The van der Waals surface area contributed by atoms with E-state index in [2.05, 4.69) is 25.7 Å². The van der Waals surface area contributed by atoms with Gasteiger partial charge in [0.05, 0.1) is 30.7 Å². The molecule has 1 amide bonds. The number of hydrogen-bond donors (Lipinski definition) is 3. The number of carbonyl (C=O) groups excluding carboxylic acids is 1. The Morgan fingerprint density at radius 2 is 1.98 bits per heavy atom. The molecule has 0 aliphatic rings. The van der Waals surface area contributed by atoms with E-state index in [1.807, 2.05) is 19.9 Å². The number of nitrogens with two attached hydrogens (primary N) is 1. The van der Waals surface area contributed by atoms with E-state index in [0.717, 1.165) is 5.56 Å². The number of alkyl halides is 3. The molecular formula is C26H32ClF3N8O2.